The molecule has 0 atom stereocenters. The van der Waals surface area contributed by atoms with Crippen molar-refractivity contribution in [1.82, 2.24) is 24.3 Å². The molecule has 0 spiro atoms. The van der Waals surface area contributed by atoms with Gasteiger partial charge >= 0.3 is 0 Å². The normalized spacial score (nSPS) is 18.2. The number of rotatable bonds is 7. The molecule has 2 aliphatic rings. The number of nitrogens with zero attached hydrogens (tertiary/aromatic N) is 5. The Hall–Kier alpha value is -3.79. The van der Waals surface area contributed by atoms with Crippen molar-refractivity contribution in [3.8, 4) is 11.5 Å². The van der Waals surface area contributed by atoms with Crippen molar-refractivity contribution in [2.24, 2.45) is 5.92 Å². The van der Waals surface area contributed by atoms with Gasteiger partial charge in [0.15, 0.2) is 17.5 Å². The third kappa shape index (κ3) is 5.26. The number of allylic oxidation sites excluding steroid dienone is 1. The van der Waals surface area contributed by atoms with E-state index in [1.165, 1.54) is 18.5 Å². The van der Waals surface area contributed by atoms with E-state index in [0.717, 1.165) is 37.6 Å². The average Bonchev–Trinajstić information content (AvgIpc) is 3.31. The first-order valence-electron chi connectivity index (χ1n) is 13.0. The first-order chi connectivity index (χ1) is 18.5. The number of likely N-dealkylation sites (tertiary alicyclic amines) is 2. The highest BCUT2D eigenvalue weighted by molar-refractivity contribution is 5.84. The van der Waals surface area contributed by atoms with Crippen LogP contribution in [-0.2, 0) is 4.79 Å². The zero-order valence-corrected chi connectivity index (χ0v) is 21.1. The van der Waals surface area contributed by atoms with Gasteiger partial charge in [0, 0.05) is 62.4 Å². The number of carbonyl (C=O) groups is 1. The summed E-state index contributed by atoms with van der Waals surface area (Å²) in [5.74, 6) is -1.11. The molecule has 38 heavy (non-hydrogen) atoms. The molecule has 2 aromatic heterocycles. The van der Waals surface area contributed by atoms with E-state index >= 15 is 0 Å². The predicted molar refractivity (Wildman–Crippen MR) is 143 cm³/mol. The summed E-state index contributed by atoms with van der Waals surface area (Å²) in [5.41, 5.74) is 2.34. The largest absolute Gasteiger partial charge is 0.342 e. The molecule has 1 aromatic carbocycles. The van der Waals surface area contributed by atoms with E-state index in [9.17, 15) is 13.6 Å². The third-order valence-corrected chi connectivity index (χ3v) is 7.59. The molecule has 0 aliphatic carbocycles. The van der Waals surface area contributed by atoms with E-state index in [1.807, 2.05) is 27.7 Å². The Kier molecular flexibility index (Phi) is 7.69. The Bertz CT molecular complexity index is 1350. The number of aromatic nitrogens is 3. The highest BCUT2D eigenvalue weighted by Crippen LogP contribution is 2.34. The molecular formula is C28H31F2N7O. The van der Waals surface area contributed by atoms with Gasteiger partial charge in [-0.25, -0.2) is 13.8 Å². The van der Waals surface area contributed by atoms with Gasteiger partial charge in [-0.1, -0.05) is 6.07 Å². The number of imidazole rings is 1. The monoisotopic (exact) mass is 519 g/mol. The summed E-state index contributed by atoms with van der Waals surface area (Å²) in [6.45, 7) is 3.37. The van der Waals surface area contributed by atoms with Gasteiger partial charge in [0.1, 0.15) is 5.69 Å². The molecule has 2 fully saturated rings. The summed E-state index contributed by atoms with van der Waals surface area (Å²) in [6, 6.07) is 7.82. The molecule has 10 heteroatoms. The standard InChI is InChI=1S/C28H31F2N7O/c29-22-15-25-26(16-23(22)30)37(27(34-25)24-3-1-2-10-33-24)21-7-13-36(14-8-21)28(38)20-5-11-35(12-6-20)18-19(17-32)4-9-31/h1-4,9-10,15-17,20-21,31-32H,5-8,11-14,18H2/b19-4+,31-9?,32-17?. The van der Waals surface area contributed by atoms with Crippen LogP contribution in [0.25, 0.3) is 22.6 Å². The Balaban J connectivity index is 1.27. The fraction of sp³-hybridized carbons (Fsp3) is 0.393. The van der Waals surface area contributed by atoms with Crippen molar-refractivity contribution < 1.29 is 13.6 Å². The number of hydrogen-bond donors (Lipinski definition) is 2. The molecule has 4 heterocycles. The quantitative estimate of drug-likeness (QED) is 0.450. The van der Waals surface area contributed by atoms with Crippen LogP contribution in [0.3, 0.4) is 0 Å². The van der Waals surface area contributed by atoms with Crippen LogP contribution in [0.5, 0.6) is 0 Å². The Morgan fingerprint density at radius 2 is 1.76 bits per heavy atom. The number of pyridine rings is 1. The molecule has 5 rings (SSSR count). The Morgan fingerprint density at radius 1 is 1.03 bits per heavy atom. The van der Waals surface area contributed by atoms with Gasteiger partial charge in [-0.05, 0) is 62.6 Å². The lowest BCUT2D eigenvalue weighted by molar-refractivity contribution is -0.138. The van der Waals surface area contributed by atoms with E-state index in [1.54, 1.807) is 12.3 Å². The molecule has 0 unspecified atom stereocenters. The van der Waals surface area contributed by atoms with Crippen LogP contribution in [0.2, 0.25) is 0 Å². The van der Waals surface area contributed by atoms with Gasteiger partial charge in [-0.15, -0.1) is 0 Å². The fourth-order valence-electron chi connectivity index (χ4n) is 5.59. The van der Waals surface area contributed by atoms with Crippen molar-refractivity contribution in [3.05, 3.63) is 59.8 Å². The summed E-state index contributed by atoms with van der Waals surface area (Å²) in [4.78, 5) is 26.5. The molecule has 0 radical (unpaired) electrons. The molecule has 2 N–H and O–H groups in total. The zero-order chi connectivity index (χ0) is 26.6. The number of amides is 1. The smallest absolute Gasteiger partial charge is 0.225 e. The lowest BCUT2D eigenvalue weighted by Gasteiger charge is -2.38. The van der Waals surface area contributed by atoms with E-state index in [2.05, 4.69) is 14.9 Å². The van der Waals surface area contributed by atoms with Crippen molar-refractivity contribution in [2.75, 3.05) is 32.7 Å². The lowest BCUT2D eigenvalue weighted by atomic mass is 9.93. The first kappa shape index (κ1) is 25.8. The van der Waals surface area contributed by atoms with Gasteiger partial charge in [0.25, 0.3) is 0 Å². The lowest BCUT2D eigenvalue weighted by Crippen LogP contribution is -2.46. The summed E-state index contributed by atoms with van der Waals surface area (Å²) < 4.78 is 30.2. The number of nitrogens with one attached hydrogen (secondary N) is 2. The highest BCUT2D eigenvalue weighted by Gasteiger charge is 2.32. The maximum atomic E-state index is 14.2. The van der Waals surface area contributed by atoms with E-state index in [0.29, 0.717) is 55.0 Å². The predicted octanol–water partition coefficient (Wildman–Crippen LogP) is 4.48. The second kappa shape index (κ2) is 11.3. The molecule has 8 nitrogen and oxygen atoms in total. The second-order valence-electron chi connectivity index (χ2n) is 9.93. The Labute approximate surface area is 220 Å². The van der Waals surface area contributed by atoms with Crippen molar-refractivity contribution in [3.63, 3.8) is 0 Å². The van der Waals surface area contributed by atoms with Crippen molar-refractivity contribution >= 4 is 29.4 Å². The number of hydrogen-bond acceptors (Lipinski definition) is 6. The van der Waals surface area contributed by atoms with Crippen molar-refractivity contribution in [2.45, 2.75) is 31.7 Å². The van der Waals surface area contributed by atoms with Gasteiger partial charge in [0.2, 0.25) is 5.91 Å². The molecule has 1 amide bonds. The minimum atomic E-state index is -0.930. The minimum absolute atomic E-state index is 0.0202. The van der Waals surface area contributed by atoms with Crippen LogP contribution >= 0.6 is 0 Å². The fourth-order valence-corrected chi connectivity index (χ4v) is 5.59. The molecule has 3 aromatic rings. The SMILES string of the molecule is N=C/C=C(\C=N)CN1CCC(C(=O)N2CCC(n3c(-c4ccccn4)nc4cc(F)c(F)cc43)CC2)CC1. The van der Waals surface area contributed by atoms with Gasteiger partial charge in [-0.2, -0.15) is 0 Å². The number of piperidine rings is 2. The molecule has 198 valence electrons. The summed E-state index contributed by atoms with van der Waals surface area (Å²) in [6.07, 6.45) is 8.69. The van der Waals surface area contributed by atoms with Gasteiger partial charge < -0.3 is 20.3 Å². The molecule has 0 saturated carbocycles. The van der Waals surface area contributed by atoms with Crippen LogP contribution in [0.1, 0.15) is 31.7 Å². The Morgan fingerprint density at radius 3 is 2.42 bits per heavy atom. The highest BCUT2D eigenvalue weighted by atomic mass is 19.2. The minimum Gasteiger partial charge on any atom is -0.342 e. The van der Waals surface area contributed by atoms with Crippen molar-refractivity contribution in [1.29, 1.82) is 10.8 Å². The number of benzene rings is 1. The maximum absolute atomic E-state index is 14.2. The van der Waals surface area contributed by atoms with E-state index in [4.69, 9.17) is 10.8 Å². The van der Waals surface area contributed by atoms with Gasteiger partial charge in [0.05, 0.1) is 11.0 Å². The van der Waals surface area contributed by atoms with Crippen LogP contribution in [0.15, 0.2) is 48.2 Å². The maximum Gasteiger partial charge on any atom is 0.225 e. The van der Waals surface area contributed by atoms with Crippen LogP contribution < -0.4 is 0 Å². The number of carbonyl (C=O) groups excluding carboxylic acids is 1. The molecular weight excluding hydrogens is 488 g/mol. The number of halogens is 2. The molecule has 2 saturated heterocycles. The van der Waals surface area contributed by atoms with Crippen LogP contribution in [0, 0.1) is 28.4 Å². The van der Waals surface area contributed by atoms with Crippen LogP contribution in [0.4, 0.5) is 8.78 Å². The summed E-state index contributed by atoms with van der Waals surface area (Å²) >= 11 is 0. The average molecular weight is 520 g/mol. The molecule has 2 aliphatic heterocycles. The topological polar surface area (TPSA) is 102 Å². The molecule has 0 bridgehead atoms. The summed E-state index contributed by atoms with van der Waals surface area (Å²) in [5, 5.41) is 14.7. The first-order valence-corrected chi connectivity index (χ1v) is 13.0. The summed E-state index contributed by atoms with van der Waals surface area (Å²) in [7, 11) is 0. The second-order valence-corrected chi connectivity index (χ2v) is 9.93. The third-order valence-electron chi connectivity index (χ3n) is 7.59. The van der Waals surface area contributed by atoms with E-state index in [-0.39, 0.29) is 17.9 Å². The zero-order valence-electron chi connectivity index (χ0n) is 21.1. The van der Waals surface area contributed by atoms with Gasteiger partial charge in [-0.3, -0.25) is 14.7 Å². The van der Waals surface area contributed by atoms with E-state index < -0.39 is 11.6 Å². The van der Waals surface area contributed by atoms with Crippen LogP contribution in [-0.4, -0.2) is 75.4 Å². The number of fused-ring (bicyclic) bond motifs is 1.